The summed E-state index contributed by atoms with van der Waals surface area (Å²) in [6, 6.07) is 5.14. The third kappa shape index (κ3) is 3.24. The second-order valence-electron chi connectivity index (χ2n) is 6.80. The maximum Gasteiger partial charge on any atom is 0.252 e. The van der Waals surface area contributed by atoms with Gasteiger partial charge in [0.25, 0.3) is 11.8 Å². The third-order valence-corrected chi connectivity index (χ3v) is 4.90. The van der Waals surface area contributed by atoms with Crippen molar-refractivity contribution in [1.29, 1.82) is 0 Å². The number of fused-ring (bicyclic) bond motifs is 1. The molecule has 0 aliphatic carbocycles. The van der Waals surface area contributed by atoms with Crippen LogP contribution in [0.15, 0.2) is 30.9 Å². The van der Waals surface area contributed by atoms with Crippen molar-refractivity contribution < 1.29 is 19.2 Å². The van der Waals surface area contributed by atoms with E-state index in [1.165, 1.54) is 6.08 Å². The van der Waals surface area contributed by atoms with Gasteiger partial charge in [-0.05, 0) is 56.0 Å². The number of nitrogens with zero attached hydrogens (tertiary/aromatic N) is 1. The summed E-state index contributed by atoms with van der Waals surface area (Å²) in [6.45, 7) is 5.75. The predicted octanol–water partition coefficient (Wildman–Crippen LogP) is 1.08. The second-order valence-corrected chi connectivity index (χ2v) is 6.80. The van der Waals surface area contributed by atoms with E-state index in [2.05, 4.69) is 17.2 Å². The quantitative estimate of drug-likeness (QED) is 0.626. The number of hydrogen-bond acceptors (Lipinski definition) is 4. The smallest absolute Gasteiger partial charge is 0.252 e. The van der Waals surface area contributed by atoms with Crippen molar-refractivity contribution in [1.82, 2.24) is 10.6 Å². The van der Waals surface area contributed by atoms with E-state index in [1.54, 1.807) is 30.0 Å². The molecule has 1 aromatic carbocycles. The van der Waals surface area contributed by atoms with E-state index in [-0.39, 0.29) is 30.6 Å². The molecule has 0 spiro atoms. The molecule has 2 aliphatic heterocycles. The summed E-state index contributed by atoms with van der Waals surface area (Å²) < 4.78 is 0. The lowest BCUT2D eigenvalue weighted by atomic mass is 9.90. The molecule has 1 saturated heterocycles. The summed E-state index contributed by atoms with van der Waals surface area (Å²) in [7, 11) is 0. The predicted molar refractivity (Wildman–Crippen MR) is 95.6 cm³/mol. The molecular weight excluding hydrogens is 334 g/mol. The first kappa shape index (κ1) is 17.8. The van der Waals surface area contributed by atoms with E-state index < -0.39 is 11.4 Å². The molecule has 26 heavy (non-hydrogen) atoms. The summed E-state index contributed by atoms with van der Waals surface area (Å²) in [5.41, 5.74) is 0.992. The summed E-state index contributed by atoms with van der Waals surface area (Å²) in [6.07, 6.45) is 3.30. The maximum absolute atomic E-state index is 12.6. The van der Waals surface area contributed by atoms with Gasteiger partial charge in [-0.1, -0.05) is 6.58 Å². The zero-order valence-corrected chi connectivity index (χ0v) is 14.6. The minimum Gasteiger partial charge on any atom is -0.338 e. The lowest BCUT2D eigenvalue weighted by Crippen LogP contribution is -2.61. The Bertz CT molecular complexity index is 817. The van der Waals surface area contributed by atoms with Crippen molar-refractivity contribution in [3.05, 3.63) is 42.0 Å². The Morgan fingerprint density at radius 2 is 2.08 bits per heavy atom. The van der Waals surface area contributed by atoms with Gasteiger partial charge in [-0.25, -0.2) is 0 Å². The van der Waals surface area contributed by atoms with Gasteiger partial charge < -0.3 is 10.2 Å². The molecule has 1 fully saturated rings. The Morgan fingerprint density at radius 3 is 2.77 bits per heavy atom. The largest absolute Gasteiger partial charge is 0.338 e. The molecule has 1 unspecified atom stereocenters. The molecule has 2 aliphatic rings. The molecule has 0 radical (unpaired) electrons. The lowest BCUT2D eigenvalue weighted by molar-refractivity contribution is -0.137. The van der Waals surface area contributed by atoms with E-state index in [0.717, 1.165) is 24.1 Å². The molecule has 0 bridgehead atoms. The summed E-state index contributed by atoms with van der Waals surface area (Å²) >= 11 is 0. The molecule has 7 heteroatoms. The molecule has 2 heterocycles. The highest BCUT2D eigenvalue weighted by Crippen LogP contribution is 2.29. The number of nitrogens with one attached hydrogen (secondary N) is 2. The topological polar surface area (TPSA) is 95.6 Å². The Hall–Kier alpha value is -2.96. The molecule has 3 rings (SSSR count). The fraction of sp³-hybridized carbons (Fsp3) is 0.368. The monoisotopic (exact) mass is 355 g/mol. The number of imide groups is 1. The van der Waals surface area contributed by atoms with Gasteiger partial charge in [0, 0.05) is 24.2 Å². The lowest BCUT2D eigenvalue weighted by Gasteiger charge is -2.33. The first-order valence-corrected chi connectivity index (χ1v) is 8.58. The zero-order valence-electron chi connectivity index (χ0n) is 14.6. The van der Waals surface area contributed by atoms with Crippen LogP contribution in [-0.2, 0) is 20.8 Å². The van der Waals surface area contributed by atoms with Gasteiger partial charge >= 0.3 is 0 Å². The van der Waals surface area contributed by atoms with E-state index in [9.17, 15) is 19.2 Å². The van der Waals surface area contributed by atoms with Crippen LogP contribution < -0.4 is 15.5 Å². The van der Waals surface area contributed by atoms with Crippen LogP contribution in [0.25, 0.3) is 0 Å². The normalized spacial score (nSPS) is 22.3. The van der Waals surface area contributed by atoms with Crippen molar-refractivity contribution in [2.45, 2.75) is 38.1 Å². The molecule has 1 atom stereocenters. The Morgan fingerprint density at radius 1 is 1.31 bits per heavy atom. The van der Waals surface area contributed by atoms with Gasteiger partial charge in [0.15, 0.2) is 0 Å². The average molecular weight is 355 g/mol. The van der Waals surface area contributed by atoms with Crippen LogP contribution in [-0.4, -0.2) is 35.7 Å². The number of carbonyl (C=O) groups excluding carboxylic acids is 4. The minimum atomic E-state index is -1.12. The maximum atomic E-state index is 12.6. The summed E-state index contributed by atoms with van der Waals surface area (Å²) in [4.78, 5) is 49.6. The van der Waals surface area contributed by atoms with Gasteiger partial charge in [-0.2, -0.15) is 0 Å². The van der Waals surface area contributed by atoms with Crippen molar-refractivity contribution in [2.24, 2.45) is 0 Å². The number of amides is 4. The first-order chi connectivity index (χ1) is 12.3. The number of piperidine rings is 1. The van der Waals surface area contributed by atoms with Gasteiger partial charge in [0.2, 0.25) is 11.8 Å². The second kappa shape index (κ2) is 6.74. The first-order valence-electron chi connectivity index (χ1n) is 8.58. The highest BCUT2D eigenvalue weighted by atomic mass is 16.2. The van der Waals surface area contributed by atoms with E-state index >= 15 is 0 Å². The average Bonchev–Trinajstić information content (AvgIpc) is 2.63. The van der Waals surface area contributed by atoms with Gasteiger partial charge in [0.1, 0.15) is 5.54 Å². The fourth-order valence-electron chi connectivity index (χ4n) is 3.32. The highest BCUT2D eigenvalue weighted by Gasteiger charge is 2.39. The Labute approximate surface area is 151 Å². The number of anilines is 1. The molecule has 0 aromatic heterocycles. The van der Waals surface area contributed by atoms with Crippen LogP contribution in [0, 0.1) is 0 Å². The van der Waals surface area contributed by atoms with Gasteiger partial charge in [0.05, 0.1) is 0 Å². The number of hydrogen-bond donors (Lipinski definition) is 2. The van der Waals surface area contributed by atoms with Crippen molar-refractivity contribution in [2.75, 3.05) is 11.4 Å². The Kier molecular flexibility index (Phi) is 4.63. The SMILES string of the molecule is C=CC(=O)N1CCCc2cc(C(=O)NC3(C)CCC(=O)NC3=O)ccc21. The van der Waals surface area contributed by atoms with E-state index in [4.69, 9.17) is 0 Å². The van der Waals surface area contributed by atoms with Gasteiger partial charge in [-0.15, -0.1) is 0 Å². The fourth-order valence-corrected chi connectivity index (χ4v) is 3.32. The van der Waals surface area contributed by atoms with Crippen molar-refractivity contribution in [3.8, 4) is 0 Å². The molecule has 4 amide bonds. The van der Waals surface area contributed by atoms with Crippen molar-refractivity contribution >= 4 is 29.3 Å². The number of carbonyl (C=O) groups is 4. The van der Waals surface area contributed by atoms with Crippen LogP contribution in [0.5, 0.6) is 0 Å². The highest BCUT2D eigenvalue weighted by molar-refractivity contribution is 6.06. The molecule has 0 saturated carbocycles. The van der Waals surface area contributed by atoms with Crippen LogP contribution in [0.3, 0.4) is 0 Å². The number of rotatable bonds is 3. The van der Waals surface area contributed by atoms with E-state index in [1.807, 2.05) is 0 Å². The van der Waals surface area contributed by atoms with Crippen molar-refractivity contribution in [3.63, 3.8) is 0 Å². The summed E-state index contributed by atoms with van der Waals surface area (Å²) in [5, 5.41) is 4.99. The van der Waals surface area contributed by atoms with Crippen LogP contribution in [0.1, 0.15) is 42.1 Å². The van der Waals surface area contributed by atoms with Crippen LogP contribution in [0.2, 0.25) is 0 Å². The molecule has 2 N–H and O–H groups in total. The minimum absolute atomic E-state index is 0.167. The summed E-state index contributed by atoms with van der Waals surface area (Å²) in [5.74, 6) is -1.38. The zero-order chi connectivity index (χ0) is 18.9. The molecular formula is C19H21N3O4. The van der Waals surface area contributed by atoms with Crippen LogP contribution >= 0.6 is 0 Å². The Balaban J connectivity index is 1.81. The molecule has 136 valence electrons. The third-order valence-electron chi connectivity index (χ3n) is 4.90. The number of aryl methyl sites for hydroxylation is 1. The van der Waals surface area contributed by atoms with E-state index in [0.29, 0.717) is 12.1 Å². The standard InChI is InChI=1S/C19H21N3O4/c1-3-16(24)22-10-4-5-12-11-13(6-7-14(12)22)17(25)21-19(2)9-8-15(23)20-18(19)26/h3,6-7,11H,1,4-5,8-10H2,2H3,(H,21,25)(H,20,23,26). The van der Waals surface area contributed by atoms with Crippen LogP contribution in [0.4, 0.5) is 5.69 Å². The molecule has 7 nitrogen and oxygen atoms in total. The number of benzene rings is 1. The molecule has 1 aromatic rings. The van der Waals surface area contributed by atoms with Gasteiger partial charge in [-0.3, -0.25) is 24.5 Å².